The molecule has 86 valence electrons. The third-order valence-corrected chi connectivity index (χ3v) is 1.55. The number of aliphatic hydroxyl groups is 1. The van der Waals surface area contributed by atoms with Crippen LogP contribution in [0.25, 0.3) is 0 Å². The molecule has 0 aromatic carbocycles. The van der Waals surface area contributed by atoms with E-state index in [0.29, 0.717) is 13.2 Å². The molecule has 0 aromatic rings. The summed E-state index contributed by atoms with van der Waals surface area (Å²) in [6, 6.07) is 0. The van der Waals surface area contributed by atoms with Gasteiger partial charge < -0.3 is 24.1 Å². The maximum atomic E-state index is 8.55. The van der Waals surface area contributed by atoms with E-state index >= 15 is 0 Å². The summed E-state index contributed by atoms with van der Waals surface area (Å²) in [4.78, 5) is 0. The van der Waals surface area contributed by atoms with Gasteiger partial charge in [-0.05, 0) is 13.8 Å². The molecule has 0 spiro atoms. The lowest BCUT2D eigenvalue weighted by Crippen LogP contribution is -2.43. The zero-order valence-corrected chi connectivity index (χ0v) is 9.12. The lowest BCUT2D eigenvalue weighted by Gasteiger charge is -2.30. The Labute approximate surface area is 84.9 Å². The van der Waals surface area contributed by atoms with Crippen molar-refractivity contribution in [2.45, 2.75) is 19.8 Å². The minimum atomic E-state index is -1.14. The first-order chi connectivity index (χ1) is 6.74. The summed E-state index contributed by atoms with van der Waals surface area (Å²) < 4.78 is 20.9. The highest BCUT2D eigenvalue weighted by atomic mass is 16.9. The Bertz CT molecular complexity index is 122. The Kier molecular flexibility index (Phi) is 8.02. The summed E-state index contributed by atoms with van der Waals surface area (Å²) in [6.45, 7) is 4.99. The Balaban J connectivity index is 4.03. The van der Waals surface area contributed by atoms with Crippen molar-refractivity contribution < 1.29 is 24.1 Å². The van der Waals surface area contributed by atoms with Gasteiger partial charge in [0.1, 0.15) is 6.61 Å². The van der Waals surface area contributed by atoms with Gasteiger partial charge in [-0.25, -0.2) is 0 Å². The average Bonchev–Trinajstić information content (AvgIpc) is 2.19. The molecule has 5 heteroatoms. The number of aliphatic hydroxyl groups excluding tert-OH is 1. The van der Waals surface area contributed by atoms with Gasteiger partial charge in [-0.1, -0.05) is 0 Å². The fraction of sp³-hybridized carbons (Fsp3) is 1.00. The van der Waals surface area contributed by atoms with E-state index in [1.807, 2.05) is 13.8 Å². The summed E-state index contributed by atoms with van der Waals surface area (Å²) in [5.41, 5.74) is 0. The van der Waals surface area contributed by atoms with Crippen molar-refractivity contribution in [3.63, 3.8) is 0 Å². The van der Waals surface area contributed by atoms with Crippen LogP contribution in [0.3, 0.4) is 0 Å². The van der Waals surface area contributed by atoms with E-state index in [1.165, 1.54) is 7.11 Å². The normalized spacial score (nSPS) is 12.0. The number of rotatable bonds is 9. The van der Waals surface area contributed by atoms with Crippen LogP contribution in [0.4, 0.5) is 0 Å². The molecule has 0 fully saturated rings. The molecule has 0 heterocycles. The van der Waals surface area contributed by atoms with E-state index in [0.717, 1.165) is 0 Å². The smallest absolute Gasteiger partial charge is 0.307 e. The van der Waals surface area contributed by atoms with Gasteiger partial charge in [0.25, 0.3) is 0 Å². The molecule has 0 atom stereocenters. The van der Waals surface area contributed by atoms with Gasteiger partial charge in [0, 0.05) is 20.3 Å². The topological polar surface area (TPSA) is 57.2 Å². The largest absolute Gasteiger partial charge is 0.394 e. The van der Waals surface area contributed by atoms with Crippen molar-refractivity contribution in [2.24, 2.45) is 0 Å². The highest BCUT2D eigenvalue weighted by Gasteiger charge is 2.31. The van der Waals surface area contributed by atoms with Crippen molar-refractivity contribution in [1.29, 1.82) is 0 Å². The molecule has 0 bridgehead atoms. The van der Waals surface area contributed by atoms with Crippen LogP contribution >= 0.6 is 0 Å². The second kappa shape index (κ2) is 8.14. The molecular formula is C9H20O5. The van der Waals surface area contributed by atoms with Gasteiger partial charge in [0.05, 0.1) is 13.2 Å². The molecule has 14 heavy (non-hydrogen) atoms. The predicted octanol–water partition coefficient (Wildman–Crippen LogP) is 0.368. The number of methoxy groups -OCH3 is 1. The van der Waals surface area contributed by atoms with E-state index in [2.05, 4.69) is 0 Å². The minimum absolute atomic E-state index is 0.0297. The maximum Gasteiger partial charge on any atom is 0.307 e. The first-order valence-corrected chi connectivity index (χ1v) is 4.76. The van der Waals surface area contributed by atoms with Gasteiger partial charge in [-0.2, -0.15) is 0 Å². The molecule has 0 aliphatic heterocycles. The van der Waals surface area contributed by atoms with E-state index in [1.54, 1.807) is 0 Å². The van der Waals surface area contributed by atoms with Gasteiger partial charge >= 0.3 is 5.97 Å². The second-order valence-corrected chi connectivity index (χ2v) is 2.53. The average molecular weight is 208 g/mol. The monoisotopic (exact) mass is 208 g/mol. The molecule has 0 amide bonds. The minimum Gasteiger partial charge on any atom is -0.394 e. The van der Waals surface area contributed by atoms with Crippen LogP contribution in [0, 0.1) is 0 Å². The molecule has 0 radical (unpaired) electrons. The molecule has 0 unspecified atom stereocenters. The summed E-state index contributed by atoms with van der Waals surface area (Å²) in [5, 5.41) is 8.55. The van der Waals surface area contributed by atoms with Crippen LogP contribution in [0.15, 0.2) is 0 Å². The van der Waals surface area contributed by atoms with Crippen molar-refractivity contribution in [3.8, 4) is 0 Å². The van der Waals surface area contributed by atoms with Gasteiger partial charge in [0.2, 0.25) is 0 Å². The Morgan fingerprint density at radius 3 is 2.07 bits per heavy atom. The van der Waals surface area contributed by atoms with Crippen LogP contribution in [0.2, 0.25) is 0 Å². The van der Waals surface area contributed by atoms with E-state index in [-0.39, 0.29) is 19.8 Å². The molecule has 0 aromatic heterocycles. The standard InChI is InChI=1S/C9H20O5/c1-4-13-9(11-3,14-5-2)8-12-7-6-10/h10H,4-8H2,1-3H3. The first-order valence-electron chi connectivity index (χ1n) is 4.76. The van der Waals surface area contributed by atoms with Crippen LogP contribution in [0.5, 0.6) is 0 Å². The molecule has 0 aliphatic carbocycles. The van der Waals surface area contributed by atoms with Crippen LogP contribution < -0.4 is 0 Å². The Hall–Kier alpha value is -0.200. The van der Waals surface area contributed by atoms with Gasteiger partial charge in [0.15, 0.2) is 0 Å². The molecule has 0 rings (SSSR count). The van der Waals surface area contributed by atoms with Crippen LogP contribution in [-0.2, 0) is 18.9 Å². The summed E-state index contributed by atoms with van der Waals surface area (Å²) in [5.74, 6) is -1.14. The molecule has 0 saturated heterocycles. The fourth-order valence-electron chi connectivity index (χ4n) is 1.00. The lowest BCUT2D eigenvalue weighted by atomic mass is 10.5. The van der Waals surface area contributed by atoms with E-state index in [4.69, 9.17) is 24.1 Å². The predicted molar refractivity (Wildman–Crippen MR) is 50.9 cm³/mol. The highest BCUT2D eigenvalue weighted by Crippen LogP contribution is 2.14. The molecule has 5 nitrogen and oxygen atoms in total. The molecular weight excluding hydrogens is 188 g/mol. The van der Waals surface area contributed by atoms with Crippen molar-refractivity contribution in [3.05, 3.63) is 0 Å². The quantitative estimate of drug-likeness (QED) is 0.438. The summed E-state index contributed by atoms with van der Waals surface area (Å²) in [7, 11) is 1.49. The van der Waals surface area contributed by atoms with Gasteiger partial charge in [-0.15, -0.1) is 0 Å². The SMILES string of the molecule is CCOC(COCCO)(OC)OCC. The Morgan fingerprint density at radius 1 is 1.14 bits per heavy atom. The fourth-order valence-corrected chi connectivity index (χ4v) is 1.00. The van der Waals surface area contributed by atoms with Crippen LogP contribution in [0.1, 0.15) is 13.8 Å². The molecule has 0 saturated carbocycles. The third kappa shape index (κ3) is 4.88. The molecule has 0 aliphatic rings. The van der Waals surface area contributed by atoms with Crippen molar-refractivity contribution >= 4 is 0 Å². The zero-order chi connectivity index (χ0) is 10.9. The van der Waals surface area contributed by atoms with E-state index in [9.17, 15) is 0 Å². The number of ether oxygens (including phenoxy) is 4. The molecule has 1 N–H and O–H groups in total. The Morgan fingerprint density at radius 2 is 1.71 bits per heavy atom. The first kappa shape index (κ1) is 13.8. The summed E-state index contributed by atoms with van der Waals surface area (Å²) in [6.07, 6.45) is 0. The summed E-state index contributed by atoms with van der Waals surface area (Å²) >= 11 is 0. The van der Waals surface area contributed by atoms with Crippen molar-refractivity contribution in [2.75, 3.05) is 40.1 Å². The lowest BCUT2D eigenvalue weighted by molar-refractivity contribution is -0.384. The number of hydrogen-bond acceptors (Lipinski definition) is 5. The highest BCUT2D eigenvalue weighted by molar-refractivity contribution is 4.54. The van der Waals surface area contributed by atoms with Gasteiger partial charge in [-0.3, -0.25) is 0 Å². The van der Waals surface area contributed by atoms with E-state index < -0.39 is 5.97 Å². The second-order valence-electron chi connectivity index (χ2n) is 2.53. The number of hydrogen-bond donors (Lipinski definition) is 1. The third-order valence-electron chi connectivity index (χ3n) is 1.55. The maximum absolute atomic E-state index is 8.55. The van der Waals surface area contributed by atoms with Crippen LogP contribution in [-0.4, -0.2) is 51.2 Å². The zero-order valence-electron chi connectivity index (χ0n) is 9.12. The van der Waals surface area contributed by atoms with Crippen molar-refractivity contribution in [1.82, 2.24) is 0 Å².